The predicted molar refractivity (Wildman–Crippen MR) is 91.7 cm³/mol. The fourth-order valence-electron chi connectivity index (χ4n) is 2.43. The van der Waals surface area contributed by atoms with E-state index in [1.54, 1.807) is 12.4 Å². The number of rotatable bonds is 4. The summed E-state index contributed by atoms with van der Waals surface area (Å²) in [6, 6.07) is 10.6. The van der Waals surface area contributed by atoms with Crippen molar-refractivity contribution < 1.29 is 4.74 Å². The first-order chi connectivity index (χ1) is 11.0. The summed E-state index contributed by atoms with van der Waals surface area (Å²) >= 11 is 0. The van der Waals surface area contributed by atoms with Gasteiger partial charge in [0.05, 0.1) is 23.7 Å². The third kappa shape index (κ3) is 3.65. The number of pyridine rings is 1. The van der Waals surface area contributed by atoms with Gasteiger partial charge in [-0.1, -0.05) is 45.0 Å². The highest BCUT2D eigenvalue weighted by atomic mass is 16.5. The minimum atomic E-state index is 0.183. The molecular weight excluding hydrogens is 286 g/mol. The van der Waals surface area contributed by atoms with Crippen molar-refractivity contribution in [3.05, 3.63) is 60.2 Å². The lowest BCUT2D eigenvalue weighted by Gasteiger charge is -2.19. The molecule has 4 nitrogen and oxygen atoms in total. The summed E-state index contributed by atoms with van der Waals surface area (Å²) in [6.45, 7) is 7.25. The first kappa shape index (κ1) is 15.4. The third-order valence-corrected chi connectivity index (χ3v) is 3.85. The highest BCUT2D eigenvalue weighted by Crippen LogP contribution is 2.23. The van der Waals surface area contributed by atoms with Gasteiger partial charge in [0.25, 0.3) is 0 Å². The predicted octanol–water partition coefficient (Wildman–Crippen LogP) is 3.94. The topological polar surface area (TPSA) is 47.9 Å². The molecule has 0 amide bonds. The van der Waals surface area contributed by atoms with Crippen LogP contribution in [0.4, 0.5) is 0 Å². The molecule has 118 valence electrons. The lowest BCUT2D eigenvalue weighted by atomic mass is 9.86. The van der Waals surface area contributed by atoms with Crippen LogP contribution in [0.5, 0.6) is 5.88 Å². The molecule has 2 heterocycles. The van der Waals surface area contributed by atoms with Crippen molar-refractivity contribution in [3.63, 3.8) is 0 Å². The maximum absolute atomic E-state index is 5.84. The Bertz CT molecular complexity index is 786. The van der Waals surface area contributed by atoms with Crippen LogP contribution in [0.2, 0.25) is 0 Å². The van der Waals surface area contributed by atoms with Gasteiger partial charge >= 0.3 is 0 Å². The number of fused-ring (bicyclic) bond motifs is 1. The van der Waals surface area contributed by atoms with Crippen LogP contribution >= 0.6 is 0 Å². The lowest BCUT2D eigenvalue weighted by molar-refractivity contribution is 0.313. The molecule has 0 spiro atoms. The summed E-state index contributed by atoms with van der Waals surface area (Å²) in [5, 5.41) is 0.894. The Labute approximate surface area is 136 Å². The van der Waals surface area contributed by atoms with E-state index in [9.17, 15) is 0 Å². The molecule has 3 rings (SSSR count). The Balaban J connectivity index is 1.65. The van der Waals surface area contributed by atoms with Gasteiger partial charge in [-0.2, -0.15) is 0 Å². The molecule has 0 aliphatic rings. The van der Waals surface area contributed by atoms with Crippen molar-refractivity contribution in [2.75, 3.05) is 6.61 Å². The van der Waals surface area contributed by atoms with E-state index in [0.717, 1.165) is 17.3 Å². The molecule has 0 fully saturated rings. The summed E-state index contributed by atoms with van der Waals surface area (Å²) in [5.74, 6) is 0.615. The summed E-state index contributed by atoms with van der Waals surface area (Å²) < 4.78 is 5.84. The van der Waals surface area contributed by atoms with Gasteiger partial charge in [0.15, 0.2) is 0 Å². The Kier molecular flexibility index (Phi) is 4.24. The molecule has 23 heavy (non-hydrogen) atoms. The molecule has 0 unspecified atom stereocenters. The first-order valence-electron chi connectivity index (χ1n) is 7.81. The van der Waals surface area contributed by atoms with Crippen LogP contribution in [0.25, 0.3) is 10.9 Å². The van der Waals surface area contributed by atoms with Crippen molar-refractivity contribution in [2.45, 2.75) is 32.6 Å². The number of hydrogen-bond acceptors (Lipinski definition) is 4. The standard InChI is InChI=1S/C19H21N3O/c1-19(2,3)15-6-4-14(5-7-15)9-11-23-18-16-8-10-20-12-17(16)21-13-22-18/h4-8,10,12-13H,9,11H2,1-3H3. The smallest absolute Gasteiger partial charge is 0.224 e. The molecule has 3 aromatic rings. The zero-order valence-electron chi connectivity index (χ0n) is 13.8. The molecule has 0 aliphatic carbocycles. The average molecular weight is 307 g/mol. The lowest BCUT2D eigenvalue weighted by Crippen LogP contribution is -2.11. The second-order valence-corrected chi connectivity index (χ2v) is 6.62. The monoisotopic (exact) mass is 307 g/mol. The Hall–Kier alpha value is -2.49. The maximum Gasteiger partial charge on any atom is 0.224 e. The van der Waals surface area contributed by atoms with Crippen molar-refractivity contribution in [2.24, 2.45) is 0 Å². The van der Waals surface area contributed by atoms with Gasteiger partial charge in [-0.05, 0) is 22.6 Å². The highest BCUT2D eigenvalue weighted by Gasteiger charge is 2.12. The van der Waals surface area contributed by atoms with E-state index in [-0.39, 0.29) is 5.41 Å². The molecule has 0 atom stereocenters. The summed E-state index contributed by atoms with van der Waals surface area (Å²) in [6.07, 6.45) is 5.80. The molecule has 1 aromatic carbocycles. The van der Waals surface area contributed by atoms with Gasteiger partial charge in [0, 0.05) is 12.6 Å². The van der Waals surface area contributed by atoms with Crippen LogP contribution < -0.4 is 4.74 Å². The number of aromatic nitrogens is 3. The fourth-order valence-corrected chi connectivity index (χ4v) is 2.43. The second-order valence-electron chi connectivity index (χ2n) is 6.62. The molecule has 0 saturated heterocycles. The molecule has 0 radical (unpaired) electrons. The largest absolute Gasteiger partial charge is 0.477 e. The van der Waals surface area contributed by atoms with Gasteiger partial charge in [-0.15, -0.1) is 0 Å². The minimum absolute atomic E-state index is 0.183. The van der Waals surface area contributed by atoms with E-state index in [1.807, 2.05) is 6.07 Å². The van der Waals surface area contributed by atoms with Gasteiger partial charge in [-0.3, -0.25) is 4.98 Å². The van der Waals surface area contributed by atoms with E-state index < -0.39 is 0 Å². The number of ether oxygens (including phenoxy) is 1. The molecule has 2 aromatic heterocycles. The second kappa shape index (κ2) is 6.32. The molecule has 0 saturated carbocycles. The summed E-state index contributed by atoms with van der Waals surface area (Å²) in [5.41, 5.74) is 3.59. The SMILES string of the molecule is CC(C)(C)c1ccc(CCOc2ncnc3cnccc23)cc1. The minimum Gasteiger partial charge on any atom is -0.477 e. The van der Waals surface area contributed by atoms with Gasteiger partial charge in [0.2, 0.25) is 5.88 Å². The van der Waals surface area contributed by atoms with E-state index in [0.29, 0.717) is 12.5 Å². The number of hydrogen-bond donors (Lipinski definition) is 0. The summed E-state index contributed by atoms with van der Waals surface area (Å²) in [7, 11) is 0. The number of benzene rings is 1. The maximum atomic E-state index is 5.84. The first-order valence-corrected chi connectivity index (χ1v) is 7.81. The van der Waals surface area contributed by atoms with Crippen molar-refractivity contribution in [1.29, 1.82) is 0 Å². The Morgan fingerprint density at radius 3 is 2.52 bits per heavy atom. The molecule has 0 N–H and O–H groups in total. The van der Waals surface area contributed by atoms with E-state index in [4.69, 9.17) is 4.74 Å². The van der Waals surface area contributed by atoms with E-state index >= 15 is 0 Å². The van der Waals surface area contributed by atoms with Crippen LogP contribution in [-0.2, 0) is 11.8 Å². The number of nitrogens with zero attached hydrogens (tertiary/aromatic N) is 3. The quantitative estimate of drug-likeness (QED) is 0.732. The van der Waals surface area contributed by atoms with Crippen LogP contribution in [0.3, 0.4) is 0 Å². The van der Waals surface area contributed by atoms with Gasteiger partial charge in [-0.25, -0.2) is 9.97 Å². The Morgan fingerprint density at radius 2 is 1.78 bits per heavy atom. The van der Waals surface area contributed by atoms with Gasteiger partial charge in [0.1, 0.15) is 6.33 Å². The average Bonchev–Trinajstić information content (AvgIpc) is 2.55. The van der Waals surface area contributed by atoms with Crippen molar-refractivity contribution in [3.8, 4) is 5.88 Å². The van der Waals surface area contributed by atoms with E-state index in [1.165, 1.54) is 17.5 Å². The molecule has 4 heteroatoms. The molecule has 0 aliphatic heterocycles. The highest BCUT2D eigenvalue weighted by molar-refractivity contribution is 5.81. The fraction of sp³-hybridized carbons (Fsp3) is 0.316. The summed E-state index contributed by atoms with van der Waals surface area (Å²) in [4.78, 5) is 12.5. The third-order valence-electron chi connectivity index (χ3n) is 3.85. The zero-order chi connectivity index (χ0) is 16.3. The molecular formula is C19H21N3O. The zero-order valence-corrected chi connectivity index (χ0v) is 13.8. The van der Waals surface area contributed by atoms with Gasteiger partial charge < -0.3 is 4.74 Å². The normalized spacial score (nSPS) is 11.6. The van der Waals surface area contributed by atoms with Crippen LogP contribution in [-0.4, -0.2) is 21.6 Å². The molecule has 0 bridgehead atoms. The Morgan fingerprint density at radius 1 is 1.00 bits per heavy atom. The van der Waals surface area contributed by atoms with Crippen molar-refractivity contribution in [1.82, 2.24) is 15.0 Å². The van der Waals surface area contributed by atoms with E-state index in [2.05, 4.69) is 60.0 Å². The van der Waals surface area contributed by atoms with Crippen molar-refractivity contribution >= 4 is 10.9 Å². The van der Waals surface area contributed by atoms with Crippen LogP contribution in [0, 0.1) is 0 Å². The van der Waals surface area contributed by atoms with Crippen LogP contribution in [0.15, 0.2) is 49.1 Å². The van der Waals surface area contributed by atoms with Crippen LogP contribution in [0.1, 0.15) is 31.9 Å².